The molecule has 0 aliphatic carbocycles. The molecule has 0 bridgehead atoms. The highest BCUT2D eigenvalue weighted by atomic mass is 35.5. The van der Waals surface area contributed by atoms with Crippen molar-refractivity contribution in [1.82, 2.24) is 0 Å². The predicted molar refractivity (Wildman–Crippen MR) is 134 cm³/mol. The van der Waals surface area contributed by atoms with Crippen molar-refractivity contribution in [2.24, 2.45) is 0 Å². The number of halogens is 1. The molecule has 0 heterocycles. The lowest BCUT2D eigenvalue weighted by molar-refractivity contribution is -0.115. The van der Waals surface area contributed by atoms with Crippen molar-refractivity contribution < 1.29 is 19.1 Å². The fourth-order valence-electron chi connectivity index (χ4n) is 3.07. The van der Waals surface area contributed by atoms with Gasteiger partial charge in [0, 0.05) is 21.2 Å². The van der Waals surface area contributed by atoms with Crippen LogP contribution in [-0.2, 0) is 4.79 Å². The molecule has 2 N–H and O–H groups in total. The summed E-state index contributed by atoms with van der Waals surface area (Å²) in [6.07, 6.45) is 0.613. The van der Waals surface area contributed by atoms with Gasteiger partial charge in [-0.1, -0.05) is 24.6 Å². The van der Waals surface area contributed by atoms with Crippen LogP contribution in [0.15, 0.2) is 71.6 Å². The van der Waals surface area contributed by atoms with Gasteiger partial charge in [0.15, 0.2) is 0 Å². The Morgan fingerprint density at radius 1 is 0.970 bits per heavy atom. The molecule has 0 aromatic heterocycles. The first-order valence-electron chi connectivity index (χ1n) is 10.3. The molecule has 0 saturated heterocycles. The molecule has 0 fully saturated rings. The van der Waals surface area contributed by atoms with Crippen LogP contribution in [0.25, 0.3) is 0 Å². The zero-order valence-electron chi connectivity index (χ0n) is 18.6. The Kier molecular flexibility index (Phi) is 8.63. The van der Waals surface area contributed by atoms with Gasteiger partial charge in [-0.3, -0.25) is 9.59 Å². The molecule has 3 rings (SSSR count). The number of rotatable bonds is 9. The van der Waals surface area contributed by atoms with Gasteiger partial charge in [0.2, 0.25) is 5.91 Å². The molecular formula is C25H25ClN2O4S. The molecule has 0 saturated carbocycles. The Labute approximate surface area is 202 Å². The van der Waals surface area contributed by atoms with Gasteiger partial charge in [-0.2, -0.15) is 0 Å². The first-order chi connectivity index (χ1) is 15.9. The lowest BCUT2D eigenvalue weighted by Gasteiger charge is -2.17. The van der Waals surface area contributed by atoms with Crippen LogP contribution in [0.4, 0.5) is 11.4 Å². The Morgan fingerprint density at radius 3 is 2.39 bits per heavy atom. The van der Waals surface area contributed by atoms with Gasteiger partial charge < -0.3 is 20.1 Å². The number of hydrogen-bond acceptors (Lipinski definition) is 5. The van der Waals surface area contributed by atoms with Crippen LogP contribution in [0, 0.1) is 0 Å². The molecule has 0 radical (unpaired) electrons. The van der Waals surface area contributed by atoms with Gasteiger partial charge in [0.1, 0.15) is 11.5 Å². The second-order valence-corrected chi connectivity index (χ2v) is 8.77. The van der Waals surface area contributed by atoms with Crippen LogP contribution in [0.1, 0.15) is 23.7 Å². The molecule has 6 nitrogen and oxygen atoms in total. The number of ether oxygens (including phenoxy) is 2. The average molecular weight is 485 g/mol. The summed E-state index contributed by atoms with van der Waals surface area (Å²) < 4.78 is 10.4. The molecule has 0 aliphatic rings. The van der Waals surface area contributed by atoms with E-state index in [1.54, 1.807) is 49.6 Å². The molecule has 0 aliphatic heterocycles. The molecule has 172 valence electrons. The van der Waals surface area contributed by atoms with E-state index < -0.39 is 0 Å². The van der Waals surface area contributed by atoms with Crippen molar-refractivity contribution in [3.8, 4) is 11.5 Å². The number of carbonyl (C=O) groups is 2. The number of anilines is 2. The third-order valence-corrected chi connectivity index (χ3v) is 6.40. The summed E-state index contributed by atoms with van der Waals surface area (Å²) in [4.78, 5) is 26.3. The maximum atomic E-state index is 12.9. The third-order valence-electron chi connectivity index (χ3n) is 4.81. The van der Waals surface area contributed by atoms with Gasteiger partial charge in [-0.15, -0.1) is 11.8 Å². The molecule has 2 amide bonds. The lowest BCUT2D eigenvalue weighted by Crippen LogP contribution is -2.24. The van der Waals surface area contributed by atoms with Crippen LogP contribution in [0.2, 0.25) is 5.02 Å². The van der Waals surface area contributed by atoms with E-state index in [4.69, 9.17) is 21.1 Å². The third kappa shape index (κ3) is 6.66. The van der Waals surface area contributed by atoms with Crippen molar-refractivity contribution in [2.45, 2.75) is 23.5 Å². The lowest BCUT2D eigenvalue weighted by atomic mass is 10.2. The predicted octanol–water partition coefficient (Wildman–Crippen LogP) is 6.12. The smallest absolute Gasteiger partial charge is 0.255 e. The normalized spacial score (nSPS) is 11.4. The van der Waals surface area contributed by atoms with E-state index in [0.717, 1.165) is 4.90 Å². The Morgan fingerprint density at radius 2 is 1.73 bits per heavy atom. The highest BCUT2D eigenvalue weighted by Crippen LogP contribution is 2.31. The first-order valence-corrected chi connectivity index (χ1v) is 11.6. The minimum atomic E-state index is -0.346. The zero-order valence-corrected chi connectivity index (χ0v) is 20.1. The molecule has 33 heavy (non-hydrogen) atoms. The van der Waals surface area contributed by atoms with Crippen molar-refractivity contribution in [1.29, 1.82) is 0 Å². The van der Waals surface area contributed by atoms with Crippen LogP contribution >= 0.6 is 23.4 Å². The average Bonchev–Trinajstić information content (AvgIpc) is 2.83. The number of thioether (sulfide) groups is 1. The number of nitrogens with one attached hydrogen (secondary N) is 2. The van der Waals surface area contributed by atoms with Crippen LogP contribution in [0.5, 0.6) is 11.5 Å². The van der Waals surface area contributed by atoms with E-state index in [-0.39, 0.29) is 17.1 Å². The van der Waals surface area contributed by atoms with Gasteiger partial charge in [-0.05, 0) is 67.1 Å². The Hall–Kier alpha value is -3.16. The fourth-order valence-corrected chi connectivity index (χ4v) is 4.26. The highest BCUT2D eigenvalue weighted by Gasteiger charge is 2.20. The van der Waals surface area contributed by atoms with Gasteiger partial charge in [0.05, 0.1) is 25.2 Å². The summed E-state index contributed by atoms with van der Waals surface area (Å²) >= 11 is 7.49. The number of amides is 2. The first kappa shape index (κ1) is 24.5. The van der Waals surface area contributed by atoms with Crippen molar-refractivity contribution >= 4 is 46.6 Å². The second kappa shape index (κ2) is 11.6. The zero-order chi connectivity index (χ0) is 23.8. The molecular weight excluding hydrogens is 460 g/mol. The molecule has 8 heteroatoms. The SMILES string of the molecule is CCC(Sc1cccc(NC(=O)c2ccc(OC)cc2)c1)C(=O)Nc1cc(Cl)ccc1OC. The number of hydrogen-bond donors (Lipinski definition) is 2. The summed E-state index contributed by atoms with van der Waals surface area (Å²) in [6.45, 7) is 1.95. The van der Waals surface area contributed by atoms with Crippen LogP contribution < -0.4 is 20.1 Å². The van der Waals surface area contributed by atoms with Gasteiger partial charge in [-0.25, -0.2) is 0 Å². The summed E-state index contributed by atoms with van der Waals surface area (Å²) in [5.74, 6) is 0.841. The summed E-state index contributed by atoms with van der Waals surface area (Å²) in [5.41, 5.74) is 1.69. The minimum Gasteiger partial charge on any atom is -0.497 e. The molecule has 0 spiro atoms. The van der Waals surface area contributed by atoms with Crippen LogP contribution in [-0.4, -0.2) is 31.3 Å². The summed E-state index contributed by atoms with van der Waals surface area (Å²) in [6, 6.07) is 19.4. The topological polar surface area (TPSA) is 76.7 Å². The highest BCUT2D eigenvalue weighted by molar-refractivity contribution is 8.00. The molecule has 3 aromatic rings. The van der Waals surface area contributed by atoms with E-state index in [1.165, 1.54) is 18.9 Å². The Bertz CT molecular complexity index is 1120. The van der Waals surface area contributed by atoms with Crippen molar-refractivity contribution in [3.63, 3.8) is 0 Å². The quantitative estimate of drug-likeness (QED) is 0.358. The monoisotopic (exact) mass is 484 g/mol. The van der Waals surface area contributed by atoms with Gasteiger partial charge in [0.25, 0.3) is 5.91 Å². The standard InChI is InChI=1S/C25H25ClN2O4S/c1-4-23(25(30)28-21-14-17(26)10-13-22(21)32-3)33-20-7-5-6-18(15-20)27-24(29)16-8-11-19(31-2)12-9-16/h5-15,23H,4H2,1-3H3,(H,27,29)(H,28,30). The largest absolute Gasteiger partial charge is 0.497 e. The van der Waals surface area contributed by atoms with E-state index >= 15 is 0 Å². The number of carbonyl (C=O) groups excluding carboxylic acids is 2. The molecule has 3 aromatic carbocycles. The van der Waals surface area contributed by atoms with Crippen molar-refractivity contribution in [2.75, 3.05) is 24.9 Å². The molecule has 1 unspecified atom stereocenters. The maximum Gasteiger partial charge on any atom is 0.255 e. The second-order valence-electron chi connectivity index (χ2n) is 7.06. The van der Waals surface area contributed by atoms with Crippen LogP contribution in [0.3, 0.4) is 0 Å². The number of methoxy groups -OCH3 is 2. The summed E-state index contributed by atoms with van der Waals surface area (Å²) in [5, 5.41) is 5.96. The van der Waals surface area contributed by atoms with E-state index in [2.05, 4.69) is 10.6 Å². The maximum absolute atomic E-state index is 12.9. The Balaban J connectivity index is 1.68. The van der Waals surface area contributed by atoms with E-state index in [0.29, 0.717) is 39.9 Å². The summed E-state index contributed by atoms with van der Waals surface area (Å²) in [7, 11) is 3.12. The minimum absolute atomic E-state index is 0.157. The van der Waals surface area contributed by atoms with Crippen molar-refractivity contribution in [3.05, 3.63) is 77.3 Å². The van der Waals surface area contributed by atoms with E-state index in [1.807, 2.05) is 31.2 Å². The van der Waals surface area contributed by atoms with Gasteiger partial charge >= 0.3 is 0 Å². The number of benzene rings is 3. The fraction of sp³-hybridized carbons (Fsp3) is 0.200. The van der Waals surface area contributed by atoms with E-state index in [9.17, 15) is 9.59 Å². The molecule has 1 atom stereocenters.